The summed E-state index contributed by atoms with van der Waals surface area (Å²) in [6.07, 6.45) is 0. The Balaban J connectivity index is 1.55. The van der Waals surface area contributed by atoms with Crippen LogP contribution in [0.25, 0.3) is 22.2 Å². The molecule has 0 aliphatic carbocycles. The lowest BCUT2D eigenvalue weighted by Crippen LogP contribution is -2.16. The predicted octanol–water partition coefficient (Wildman–Crippen LogP) is 8.97. The highest BCUT2D eigenvalue weighted by Crippen LogP contribution is 2.35. The summed E-state index contributed by atoms with van der Waals surface area (Å²) >= 11 is 12.6. The molecule has 0 saturated carbocycles. The average molecular weight is 541 g/mol. The number of amides is 1. The van der Waals surface area contributed by atoms with Gasteiger partial charge in [0.1, 0.15) is 12.4 Å². The van der Waals surface area contributed by atoms with Crippen molar-refractivity contribution in [3.05, 3.63) is 123 Å². The molecule has 4 aromatic carbocycles. The van der Waals surface area contributed by atoms with Crippen molar-refractivity contribution in [3.63, 3.8) is 0 Å². The van der Waals surface area contributed by atoms with E-state index in [0.717, 1.165) is 50.2 Å². The monoisotopic (exact) mass is 540 g/mol. The fourth-order valence-electron chi connectivity index (χ4n) is 4.62. The molecule has 5 rings (SSSR count). The van der Waals surface area contributed by atoms with Crippen LogP contribution in [0.1, 0.15) is 32.6 Å². The highest BCUT2D eigenvalue weighted by molar-refractivity contribution is 6.44. The van der Waals surface area contributed by atoms with Crippen LogP contribution in [0.2, 0.25) is 10.0 Å². The standard InChI is InChI=1S/C32H26Cl2N2O2/c1-19-16-20(2)30-25(17-19)28(32(37)35-27-11-7-10-26(33)29(27)34)21(3)31(36-30)23-12-14-24(15-13-23)38-18-22-8-5-4-6-9-22/h4-17H,18H2,1-3H3,(H,35,37). The fraction of sp³-hybridized carbons (Fsp3) is 0.125. The molecule has 1 aromatic heterocycles. The molecule has 0 radical (unpaired) electrons. The van der Waals surface area contributed by atoms with Crippen molar-refractivity contribution in [3.8, 4) is 17.0 Å². The Bertz CT molecular complexity index is 1650. The molecule has 4 nitrogen and oxygen atoms in total. The molecule has 0 fully saturated rings. The van der Waals surface area contributed by atoms with Crippen LogP contribution in [0.4, 0.5) is 5.69 Å². The predicted molar refractivity (Wildman–Crippen MR) is 157 cm³/mol. The maximum absolute atomic E-state index is 13.7. The van der Waals surface area contributed by atoms with Gasteiger partial charge in [-0.25, -0.2) is 4.98 Å². The molecule has 0 unspecified atom stereocenters. The van der Waals surface area contributed by atoms with Crippen molar-refractivity contribution in [2.75, 3.05) is 5.32 Å². The number of aryl methyl sites for hydroxylation is 2. The number of fused-ring (bicyclic) bond motifs is 1. The van der Waals surface area contributed by atoms with Crippen LogP contribution in [0, 0.1) is 20.8 Å². The van der Waals surface area contributed by atoms with E-state index in [1.54, 1.807) is 18.2 Å². The first-order valence-electron chi connectivity index (χ1n) is 12.3. The molecule has 1 N–H and O–H groups in total. The molecule has 38 heavy (non-hydrogen) atoms. The largest absolute Gasteiger partial charge is 0.489 e. The summed E-state index contributed by atoms with van der Waals surface area (Å²) in [7, 11) is 0. The van der Waals surface area contributed by atoms with E-state index in [9.17, 15) is 4.79 Å². The molecular formula is C32H26Cl2N2O2. The minimum atomic E-state index is -0.270. The SMILES string of the molecule is Cc1cc(C)c2nc(-c3ccc(OCc4ccccc4)cc3)c(C)c(C(=O)Nc3cccc(Cl)c3Cl)c2c1. The van der Waals surface area contributed by atoms with Gasteiger partial charge in [-0.3, -0.25) is 4.79 Å². The van der Waals surface area contributed by atoms with E-state index in [4.69, 9.17) is 32.9 Å². The topological polar surface area (TPSA) is 51.2 Å². The molecule has 5 aromatic rings. The number of nitrogens with zero attached hydrogens (tertiary/aromatic N) is 1. The van der Waals surface area contributed by atoms with Crippen LogP contribution in [0.5, 0.6) is 5.75 Å². The zero-order valence-corrected chi connectivity index (χ0v) is 22.8. The van der Waals surface area contributed by atoms with Crippen LogP contribution >= 0.6 is 23.2 Å². The number of anilines is 1. The van der Waals surface area contributed by atoms with Gasteiger partial charge in [0.15, 0.2) is 0 Å². The zero-order valence-electron chi connectivity index (χ0n) is 21.3. The van der Waals surface area contributed by atoms with Gasteiger partial charge in [0.25, 0.3) is 5.91 Å². The van der Waals surface area contributed by atoms with Crippen molar-refractivity contribution in [1.82, 2.24) is 4.98 Å². The summed E-state index contributed by atoms with van der Waals surface area (Å²) in [5.41, 5.74) is 7.35. The van der Waals surface area contributed by atoms with E-state index >= 15 is 0 Å². The first-order valence-corrected chi connectivity index (χ1v) is 13.0. The molecular weight excluding hydrogens is 515 g/mol. The Kier molecular flexibility index (Phi) is 7.37. The molecule has 190 valence electrons. The third-order valence-electron chi connectivity index (χ3n) is 6.47. The van der Waals surface area contributed by atoms with Crippen LogP contribution in [-0.4, -0.2) is 10.9 Å². The molecule has 0 atom stereocenters. The fourth-order valence-corrected chi connectivity index (χ4v) is 4.97. The highest BCUT2D eigenvalue weighted by Gasteiger charge is 2.21. The van der Waals surface area contributed by atoms with E-state index < -0.39 is 0 Å². The Morgan fingerprint density at radius 1 is 0.895 bits per heavy atom. The van der Waals surface area contributed by atoms with Crippen molar-refractivity contribution in [2.24, 2.45) is 0 Å². The number of carbonyl (C=O) groups is 1. The summed E-state index contributed by atoms with van der Waals surface area (Å²) in [5.74, 6) is 0.490. The number of benzene rings is 4. The smallest absolute Gasteiger partial charge is 0.256 e. The molecule has 0 aliphatic heterocycles. The minimum Gasteiger partial charge on any atom is -0.489 e. The first kappa shape index (κ1) is 25.8. The lowest BCUT2D eigenvalue weighted by atomic mass is 9.94. The van der Waals surface area contributed by atoms with Crippen molar-refractivity contribution in [1.29, 1.82) is 0 Å². The van der Waals surface area contributed by atoms with Crippen molar-refractivity contribution < 1.29 is 9.53 Å². The Morgan fingerprint density at radius 3 is 2.37 bits per heavy atom. The van der Waals surface area contributed by atoms with Gasteiger partial charge in [-0.2, -0.15) is 0 Å². The summed E-state index contributed by atoms with van der Waals surface area (Å²) in [4.78, 5) is 18.8. The van der Waals surface area contributed by atoms with Gasteiger partial charge in [0.05, 0.1) is 32.5 Å². The normalized spacial score (nSPS) is 11.0. The van der Waals surface area contributed by atoms with E-state index in [1.165, 1.54) is 0 Å². The second kappa shape index (κ2) is 10.9. The lowest BCUT2D eigenvalue weighted by molar-refractivity contribution is 0.102. The van der Waals surface area contributed by atoms with Crippen molar-refractivity contribution >= 4 is 45.7 Å². The molecule has 1 amide bonds. The third-order valence-corrected chi connectivity index (χ3v) is 7.29. The zero-order chi connectivity index (χ0) is 26.8. The molecule has 0 spiro atoms. The second-order valence-electron chi connectivity index (χ2n) is 9.29. The van der Waals surface area contributed by atoms with E-state index in [1.807, 2.05) is 81.4 Å². The van der Waals surface area contributed by atoms with Gasteiger partial charge in [0.2, 0.25) is 0 Å². The number of rotatable bonds is 6. The maximum atomic E-state index is 13.7. The molecule has 1 heterocycles. The first-order chi connectivity index (χ1) is 18.3. The van der Waals surface area contributed by atoms with Gasteiger partial charge >= 0.3 is 0 Å². The third kappa shape index (κ3) is 5.24. The lowest BCUT2D eigenvalue weighted by Gasteiger charge is -2.17. The number of hydrogen-bond acceptors (Lipinski definition) is 3. The van der Waals surface area contributed by atoms with E-state index in [2.05, 4.69) is 11.4 Å². The molecule has 6 heteroatoms. The molecule has 0 saturated heterocycles. The number of halogens is 2. The Hall–Kier alpha value is -3.86. The molecule has 0 aliphatic rings. The van der Waals surface area contributed by atoms with Crippen LogP contribution in [-0.2, 0) is 6.61 Å². The van der Waals surface area contributed by atoms with Gasteiger partial charge < -0.3 is 10.1 Å². The maximum Gasteiger partial charge on any atom is 0.256 e. The van der Waals surface area contributed by atoms with E-state index in [0.29, 0.717) is 27.9 Å². The summed E-state index contributed by atoms with van der Waals surface area (Å²) in [6, 6.07) is 27.1. The quantitative estimate of drug-likeness (QED) is 0.233. The number of aromatic nitrogens is 1. The number of pyridine rings is 1. The number of nitrogens with one attached hydrogen (secondary N) is 1. The second-order valence-corrected chi connectivity index (χ2v) is 10.1. The van der Waals surface area contributed by atoms with Crippen LogP contribution in [0.15, 0.2) is 84.9 Å². The number of hydrogen-bond donors (Lipinski definition) is 1. The summed E-state index contributed by atoms with van der Waals surface area (Å²) in [5, 5.41) is 4.43. The number of ether oxygens (including phenoxy) is 1. The highest BCUT2D eigenvalue weighted by atomic mass is 35.5. The van der Waals surface area contributed by atoms with Gasteiger partial charge in [-0.05, 0) is 79.9 Å². The van der Waals surface area contributed by atoms with Gasteiger partial charge in [0, 0.05) is 10.9 Å². The number of carbonyl (C=O) groups excluding carboxylic acids is 1. The average Bonchev–Trinajstić information content (AvgIpc) is 2.90. The summed E-state index contributed by atoms with van der Waals surface area (Å²) < 4.78 is 5.96. The Labute approximate surface area is 232 Å². The van der Waals surface area contributed by atoms with Crippen molar-refractivity contribution in [2.45, 2.75) is 27.4 Å². The minimum absolute atomic E-state index is 0.270. The van der Waals surface area contributed by atoms with Gasteiger partial charge in [-0.15, -0.1) is 0 Å². The van der Waals surface area contributed by atoms with Crippen LogP contribution in [0.3, 0.4) is 0 Å². The van der Waals surface area contributed by atoms with E-state index in [-0.39, 0.29) is 5.91 Å². The summed E-state index contributed by atoms with van der Waals surface area (Å²) in [6.45, 7) is 6.44. The molecule has 0 bridgehead atoms. The van der Waals surface area contributed by atoms with Gasteiger partial charge in [-0.1, -0.05) is 71.2 Å². The van der Waals surface area contributed by atoms with Crippen LogP contribution < -0.4 is 10.1 Å². The Morgan fingerprint density at radius 2 is 1.63 bits per heavy atom.